The second-order valence-corrected chi connectivity index (χ2v) is 11.9. The van der Waals surface area contributed by atoms with Crippen molar-refractivity contribution >= 4 is 28.3 Å². The summed E-state index contributed by atoms with van der Waals surface area (Å²) in [7, 11) is 1.57. The molecule has 36 heavy (non-hydrogen) atoms. The van der Waals surface area contributed by atoms with Crippen LogP contribution in [0.1, 0.15) is 32.1 Å². The van der Waals surface area contributed by atoms with E-state index >= 15 is 0 Å². The van der Waals surface area contributed by atoms with Gasteiger partial charge in [-0.15, -0.1) is 12.4 Å². The number of benzene rings is 2. The van der Waals surface area contributed by atoms with E-state index in [1.54, 1.807) is 21.2 Å². The molecule has 200 valence electrons. The van der Waals surface area contributed by atoms with Gasteiger partial charge in [0.2, 0.25) is 0 Å². The first-order valence-corrected chi connectivity index (χ1v) is 14.2. The highest BCUT2D eigenvalue weighted by molar-refractivity contribution is 7.87. The Kier molecular flexibility index (Phi) is 10.5. The van der Waals surface area contributed by atoms with Gasteiger partial charge in [0.15, 0.2) is 0 Å². The van der Waals surface area contributed by atoms with Crippen molar-refractivity contribution in [1.29, 1.82) is 0 Å². The second kappa shape index (κ2) is 13.1. The summed E-state index contributed by atoms with van der Waals surface area (Å²) in [5.41, 5.74) is 3.55. The van der Waals surface area contributed by atoms with Crippen LogP contribution in [0.25, 0.3) is 11.1 Å². The van der Waals surface area contributed by atoms with E-state index in [1.807, 2.05) is 6.07 Å². The Balaban J connectivity index is 0.00000361. The van der Waals surface area contributed by atoms with Gasteiger partial charge in [-0.3, -0.25) is 4.90 Å². The number of piperazine rings is 1. The molecular weight excluding hydrogens is 496 g/mol. The number of anilines is 1. The first-order chi connectivity index (χ1) is 16.9. The summed E-state index contributed by atoms with van der Waals surface area (Å²) in [6, 6.07) is 17.0. The Morgan fingerprint density at radius 1 is 0.944 bits per heavy atom. The minimum absolute atomic E-state index is 0. The molecule has 1 aliphatic carbocycles. The molecule has 1 heterocycles. The summed E-state index contributed by atoms with van der Waals surface area (Å²) in [4.78, 5) is 5.01. The average Bonchev–Trinajstić information content (AvgIpc) is 2.88. The predicted molar refractivity (Wildman–Crippen MR) is 150 cm³/mol. The van der Waals surface area contributed by atoms with E-state index < -0.39 is 10.2 Å². The van der Waals surface area contributed by atoms with E-state index in [-0.39, 0.29) is 18.4 Å². The molecule has 9 heteroatoms. The van der Waals surface area contributed by atoms with Crippen molar-refractivity contribution < 1.29 is 13.2 Å². The van der Waals surface area contributed by atoms with Crippen molar-refractivity contribution in [3.8, 4) is 16.9 Å². The second-order valence-electron chi connectivity index (χ2n) is 9.99. The highest BCUT2D eigenvalue weighted by Crippen LogP contribution is 2.34. The molecule has 1 saturated heterocycles. The molecule has 0 amide bonds. The van der Waals surface area contributed by atoms with Gasteiger partial charge < -0.3 is 9.64 Å². The maximum Gasteiger partial charge on any atom is 0.279 e. The fourth-order valence-corrected chi connectivity index (χ4v) is 6.08. The number of nitrogens with zero attached hydrogens (tertiary/aromatic N) is 3. The highest BCUT2D eigenvalue weighted by atomic mass is 35.5. The van der Waals surface area contributed by atoms with Crippen LogP contribution in [0.4, 0.5) is 5.69 Å². The summed E-state index contributed by atoms with van der Waals surface area (Å²) < 4.78 is 34.0. The SMILES string of the molecule is COc1cc(-c2ccccc2)ccc1N1CCN(CC[C@H]2CC[C@H](NS(=O)(=O)N(C)C)CC2)CC1.Cl. The molecular formula is C27H41ClN4O3S. The van der Waals surface area contributed by atoms with Gasteiger partial charge in [0, 0.05) is 46.3 Å². The standard InChI is InChI=1S/C27H40N4O3S.ClH/c1-29(2)35(32,33)28-25-12-9-22(10-13-25)15-16-30-17-19-31(20-18-30)26-14-11-24(21-27(26)34-3)23-7-5-4-6-8-23;/h4-8,11,14,21-22,25,28H,9-10,12-13,15-20H2,1-3H3;1H/t22-,25-;. The lowest BCUT2D eigenvalue weighted by molar-refractivity contribution is 0.214. The van der Waals surface area contributed by atoms with Gasteiger partial charge in [-0.1, -0.05) is 36.4 Å². The summed E-state index contributed by atoms with van der Waals surface area (Å²) >= 11 is 0. The molecule has 2 fully saturated rings. The zero-order valence-corrected chi connectivity index (χ0v) is 23.4. The molecule has 1 aliphatic heterocycles. The van der Waals surface area contributed by atoms with Crippen LogP contribution in [0, 0.1) is 5.92 Å². The number of ether oxygens (including phenoxy) is 1. The monoisotopic (exact) mass is 536 g/mol. The van der Waals surface area contributed by atoms with Crippen molar-refractivity contribution in [3.05, 3.63) is 48.5 Å². The zero-order chi connectivity index (χ0) is 24.8. The van der Waals surface area contributed by atoms with E-state index in [1.165, 1.54) is 27.5 Å². The Hall–Kier alpha value is -1.84. The Labute approximate surface area is 223 Å². The van der Waals surface area contributed by atoms with Gasteiger partial charge in [0.05, 0.1) is 12.8 Å². The molecule has 0 atom stereocenters. The minimum atomic E-state index is -3.33. The lowest BCUT2D eigenvalue weighted by Crippen LogP contribution is -2.47. The maximum absolute atomic E-state index is 12.1. The molecule has 0 unspecified atom stereocenters. The van der Waals surface area contributed by atoms with Gasteiger partial charge in [0.25, 0.3) is 10.2 Å². The molecule has 2 aromatic carbocycles. The Morgan fingerprint density at radius 3 is 2.22 bits per heavy atom. The van der Waals surface area contributed by atoms with Crippen molar-refractivity contribution in [2.75, 3.05) is 58.8 Å². The summed E-state index contributed by atoms with van der Waals surface area (Å²) in [6.45, 7) is 5.24. The first-order valence-electron chi connectivity index (χ1n) is 12.8. The van der Waals surface area contributed by atoms with Crippen LogP contribution in [-0.2, 0) is 10.2 Å². The largest absolute Gasteiger partial charge is 0.495 e. The molecule has 1 saturated carbocycles. The normalized spacial score (nSPS) is 21.3. The molecule has 2 aliphatic rings. The third-order valence-electron chi connectivity index (χ3n) is 7.50. The van der Waals surface area contributed by atoms with Crippen molar-refractivity contribution in [2.45, 2.75) is 38.1 Å². The molecule has 1 N–H and O–H groups in total. The minimum Gasteiger partial charge on any atom is -0.495 e. The van der Waals surface area contributed by atoms with Gasteiger partial charge >= 0.3 is 0 Å². The lowest BCUT2D eigenvalue weighted by Gasteiger charge is -2.37. The Bertz CT molecular complexity index is 1050. The number of methoxy groups -OCH3 is 1. The van der Waals surface area contributed by atoms with E-state index in [4.69, 9.17) is 4.74 Å². The fraction of sp³-hybridized carbons (Fsp3) is 0.556. The third-order valence-corrected chi connectivity index (χ3v) is 9.09. The molecule has 0 bridgehead atoms. The predicted octanol–water partition coefficient (Wildman–Crippen LogP) is 4.25. The van der Waals surface area contributed by atoms with Gasteiger partial charge in [0.1, 0.15) is 5.75 Å². The third kappa shape index (κ3) is 7.35. The van der Waals surface area contributed by atoms with Crippen LogP contribution in [0.3, 0.4) is 0 Å². The summed E-state index contributed by atoms with van der Waals surface area (Å²) in [6.07, 6.45) is 5.27. The zero-order valence-electron chi connectivity index (χ0n) is 21.7. The van der Waals surface area contributed by atoms with E-state index in [0.29, 0.717) is 5.92 Å². The van der Waals surface area contributed by atoms with Crippen LogP contribution in [0.5, 0.6) is 5.75 Å². The van der Waals surface area contributed by atoms with Crippen molar-refractivity contribution in [1.82, 2.24) is 13.9 Å². The number of halogens is 1. The van der Waals surface area contributed by atoms with E-state index in [9.17, 15) is 8.42 Å². The van der Waals surface area contributed by atoms with Crippen LogP contribution in [0.2, 0.25) is 0 Å². The molecule has 4 rings (SSSR count). The fourth-order valence-electron chi connectivity index (χ4n) is 5.21. The number of nitrogens with one attached hydrogen (secondary N) is 1. The number of hydrogen-bond donors (Lipinski definition) is 1. The van der Waals surface area contributed by atoms with Crippen LogP contribution in [-0.4, -0.2) is 77.6 Å². The molecule has 0 spiro atoms. The van der Waals surface area contributed by atoms with Crippen molar-refractivity contribution in [2.24, 2.45) is 5.92 Å². The van der Waals surface area contributed by atoms with Gasteiger partial charge in [-0.2, -0.15) is 17.4 Å². The van der Waals surface area contributed by atoms with Gasteiger partial charge in [-0.25, -0.2) is 0 Å². The van der Waals surface area contributed by atoms with Crippen molar-refractivity contribution in [3.63, 3.8) is 0 Å². The maximum atomic E-state index is 12.1. The highest BCUT2D eigenvalue weighted by Gasteiger charge is 2.27. The quantitative estimate of drug-likeness (QED) is 0.519. The van der Waals surface area contributed by atoms with E-state index in [2.05, 4.69) is 57.0 Å². The molecule has 0 radical (unpaired) electrons. The Morgan fingerprint density at radius 2 is 1.61 bits per heavy atom. The topological polar surface area (TPSA) is 65.1 Å². The average molecular weight is 537 g/mol. The smallest absolute Gasteiger partial charge is 0.279 e. The van der Waals surface area contributed by atoms with Gasteiger partial charge in [-0.05, 0) is 67.8 Å². The number of rotatable bonds is 9. The van der Waals surface area contributed by atoms with Crippen LogP contribution >= 0.6 is 12.4 Å². The molecule has 7 nitrogen and oxygen atoms in total. The lowest BCUT2D eigenvalue weighted by atomic mass is 9.84. The van der Waals surface area contributed by atoms with Crippen LogP contribution < -0.4 is 14.4 Å². The molecule has 2 aromatic rings. The summed E-state index contributed by atoms with van der Waals surface area (Å²) in [5, 5.41) is 0. The number of hydrogen-bond acceptors (Lipinski definition) is 5. The summed E-state index contributed by atoms with van der Waals surface area (Å²) in [5.74, 6) is 1.63. The van der Waals surface area contributed by atoms with Crippen LogP contribution in [0.15, 0.2) is 48.5 Å². The first kappa shape index (κ1) is 28.7. The molecule has 0 aromatic heterocycles. The van der Waals surface area contributed by atoms with E-state index in [0.717, 1.165) is 64.2 Å².